The number of carbonyl (C=O) groups is 2. The second-order valence-electron chi connectivity index (χ2n) is 8.88. The van der Waals surface area contributed by atoms with Crippen molar-refractivity contribution in [3.63, 3.8) is 0 Å². The van der Waals surface area contributed by atoms with Gasteiger partial charge in [0.25, 0.3) is 0 Å². The molecule has 7 heteroatoms. The van der Waals surface area contributed by atoms with Crippen molar-refractivity contribution < 1.29 is 9.59 Å². The minimum absolute atomic E-state index is 0.0957. The highest BCUT2D eigenvalue weighted by molar-refractivity contribution is 6.30. The van der Waals surface area contributed by atoms with Crippen LogP contribution in [0.2, 0.25) is 5.02 Å². The molecule has 4 rings (SSSR count). The number of benzene rings is 1. The topological polar surface area (TPSA) is 64.7 Å². The third-order valence-corrected chi connectivity index (χ3v) is 6.81. The predicted octanol–water partition coefficient (Wildman–Crippen LogP) is 2.47. The van der Waals surface area contributed by atoms with E-state index in [4.69, 9.17) is 11.6 Å². The van der Waals surface area contributed by atoms with Gasteiger partial charge in [-0.2, -0.15) is 0 Å². The first-order chi connectivity index (χ1) is 13.4. The summed E-state index contributed by atoms with van der Waals surface area (Å²) in [5.41, 5.74) is 1.48. The van der Waals surface area contributed by atoms with Crippen molar-refractivity contribution in [1.29, 1.82) is 0 Å². The van der Waals surface area contributed by atoms with Crippen LogP contribution in [-0.4, -0.2) is 61.0 Å². The maximum Gasteiger partial charge on any atom is 0.315 e. The number of carbonyl (C=O) groups excluding carboxylic acids is 2. The number of likely N-dealkylation sites (N-methyl/N-ethyl adjacent to an activating group) is 1. The Bertz CT molecular complexity index is 724. The van der Waals surface area contributed by atoms with E-state index in [-0.39, 0.29) is 18.0 Å². The number of piperazine rings is 1. The molecule has 1 aromatic rings. The zero-order chi connectivity index (χ0) is 19.7. The molecule has 3 fully saturated rings. The van der Waals surface area contributed by atoms with Crippen molar-refractivity contribution in [2.45, 2.75) is 38.3 Å². The molecule has 2 aliphatic carbocycles. The third-order valence-electron chi connectivity index (χ3n) is 6.56. The Morgan fingerprint density at radius 2 is 1.89 bits per heavy atom. The van der Waals surface area contributed by atoms with Gasteiger partial charge in [0.2, 0.25) is 5.91 Å². The lowest BCUT2D eigenvalue weighted by Gasteiger charge is -2.58. The molecule has 1 aromatic carbocycles. The molecular weight excluding hydrogens is 376 g/mol. The van der Waals surface area contributed by atoms with Gasteiger partial charge in [-0.05, 0) is 54.7 Å². The van der Waals surface area contributed by atoms with Gasteiger partial charge in [0.15, 0.2) is 0 Å². The van der Waals surface area contributed by atoms with Crippen LogP contribution >= 0.6 is 11.6 Å². The molecule has 1 aliphatic heterocycles. The van der Waals surface area contributed by atoms with Crippen molar-refractivity contribution in [2.24, 2.45) is 11.3 Å². The van der Waals surface area contributed by atoms with Crippen LogP contribution in [0.4, 0.5) is 4.79 Å². The predicted molar refractivity (Wildman–Crippen MR) is 109 cm³/mol. The molecule has 3 amide bonds. The maximum absolute atomic E-state index is 12.1. The average Bonchev–Trinajstić information content (AvgIpc) is 2.60. The van der Waals surface area contributed by atoms with E-state index in [2.05, 4.69) is 15.5 Å². The van der Waals surface area contributed by atoms with Gasteiger partial charge in [-0.3, -0.25) is 9.69 Å². The first-order valence-electron chi connectivity index (χ1n) is 10.2. The Hall–Kier alpha value is -1.79. The van der Waals surface area contributed by atoms with E-state index in [1.54, 1.807) is 0 Å². The van der Waals surface area contributed by atoms with Crippen LogP contribution in [0.15, 0.2) is 24.3 Å². The van der Waals surface area contributed by atoms with Crippen LogP contribution in [0.5, 0.6) is 0 Å². The number of halogens is 1. The van der Waals surface area contributed by atoms with Gasteiger partial charge < -0.3 is 15.5 Å². The number of hydrogen-bond donors (Lipinski definition) is 2. The summed E-state index contributed by atoms with van der Waals surface area (Å²) < 4.78 is 0. The lowest BCUT2D eigenvalue weighted by molar-refractivity contribution is -0.135. The van der Waals surface area contributed by atoms with Crippen molar-refractivity contribution in [3.8, 4) is 0 Å². The van der Waals surface area contributed by atoms with E-state index < -0.39 is 0 Å². The second kappa shape index (κ2) is 7.91. The number of urea groups is 1. The lowest BCUT2D eigenvalue weighted by Crippen LogP contribution is -2.59. The van der Waals surface area contributed by atoms with Gasteiger partial charge in [-0.15, -0.1) is 0 Å². The number of rotatable bonds is 5. The fourth-order valence-corrected chi connectivity index (χ4v) is 5.19. The third kappa shape index (κ3) is 4.44. The minimum Gasteiger partial charge on any atom is -0.343 e. The van der Waals surface area contributed by atoms with Gasteiger partial charge in [0.1, 0.15) is 0 Å². The van der Waals surface area contributed by atoms with E-state index in [1.807, 2.05) is 36.2 Å². The van der Waals surface area contributed by atoms with Crippen molar-refractivity contribution in [2.75, 3.05) is 33.2 Å². The van der Waals surface area contributed by atoms with Gasteiger partial charge >= 0.3 is 6.03 Å². The van der Waals surface area contributed by atoms with Gasteiger partial charge in [-0.1, -0.05) is 23.7 Å². The minimum atomic E-state index is -0.0957. The number of nitrogens with zero attached hydrogens (tertiary/aromatic N) is 2. The summed E-state index contributed by atoms with van der Waals surface area (Å²) >= 11 is 5.87. The number of nitrogens with one attached hydrogen (secondary N) is 2. The van der Waals surface area contributed by atoms with Gasteiger partial charge in [-0.25, -0.2) is 4.79 Å². The van der Waals surface area contributed by atoms with Crippen LogP contribution in [0, 0.1) is 11.3 Å². The lowest BCUT2D eigenvalue weighted by atomic mass is 9.50. The van der Waals surface area contributed by atoms with E-state index >= 15 is 0 Å². The quantitative estimate of drug-likeness (QED) is 0.792. The average molecular weight is 405 g/mol. The van der Waals surface area contributed by atoms with E-state index in [0.29, 0.717) is 29.4 Å². The van der Waals surface area contributed by atoms with Crippen LogP contribution in [0.25, 0.3) is 0 Å². The number of hydrogen-bond acceptors (Lipinski definition) is 3. The Balaban J connectivity index is 1.11. The van der Waals surface area contributed by atoms with E-state index in [0.717, 1.165) is 38.0 Å². The summed E-state index contributed by atoms with van der Waals surface area (Å²) in [6.45, 7) is 3.95. The largest absolute Gasteiger partial charge is 0.343 e. The van der Waals surface area contributed by atoms with Crippen molar-refractivity contribution >= 4 is 23.5 Å². The number of amides is 3. The first-order valence-corrected chi connectivity index (χ1v) is 10.5. The van der Waals surface area contributed by atoms with Crippen molar-refractivity contribution in [1.82, 2.24) is 20.4 Å². The zero-order valence-corrected chi connectivity index (χ0v) is 17.2. The molecule has 0 atom stereocenters. The van der Waals surface area contributed by atoms with Crippen molar-refractivity contribution in [3.05, 3.63) is 34.9 Å². The van der Waals surface area contributed by atoms with Gasteiger partial charge in [0.05, 0.1) is 6.54 Å². The van der Waals surface area contributed by atoms with Crippen LogP contribution in [0.1, 0.15) is 31.2 Å². The first kappa shape index (κ1) is 19.5. The highest BCUT2D eigenvalue weighted by atomic mass is 35.5. The molecule has 1 heterocycles. The van der Waals surface area contributed by atoms with E-state index in [1.165, 1.54) is 12.8 Å². The van der Waals surface area contributed by atoms with E-state index in [9.17, 15) is 9.59 Å². The normalized spacial score (nSPS) is 29.9. The molecule has 2 saturated carbocycles. The Labute approximate surface area is 171 Å². The summed E-state index contributed by atoms with van der Waals surface area (Å²) in [6.07, 6.45) is 4.63. The molecule has 3 aliphatic rings. The Kier molecular flexibility index (Phi) is 5.52. The molecule has 1 spiro atoms. The molecule has 0 radical (unpaired) electrons. The molecule has 152 valence electrons. The van der Waals surface area contributed by atoms with Gasteiger partial charge in [0, 0.05) is 44.3 Å². The highest BCUT2D eigenvalue weighted by Crippen LogP contribution is 2.58. The van der Waals surface area contributed by atoms with Crippen LogP contribution in [-0.2, 0) is 11.3 Å². The maximum atomic E-state index is 12.1. The standard InChI is InChI=1S/C21H29ClN4O2/c1-25-6-7-26(14-19(25)27)13-16-8-21(9-16)10-18(11-21)24-20(28)23-12-15-2-4-17(22)5-3-15/h2-5,16,18H,6-14H2,1H3,(H2,23,24,28). The fraction of sp³-hybridized carbons (Fsp3) is 0.619. The zero-order valence-electron chi connectivity index (χ0n) is 16.4. The summed E-state index contributed by atoms with van der Waals surface area (Å²) in [5.74, 6) is 0.939. The molecule has 6 nitrogen and oxygen atoms in total. The summed E-state index contributed by atoms with van der Waals surface area (Å²) in [6, 6.07) is 7.69. The van der Waals surface area contributed by atoms with Crippen LogP contribution in [0.3, 0.4) is 0 Å². The molecule has 0 unspecified atom stereocenters. The summed E-state index contributed by atoms with van der Waals surface area (Å²) in [7, 11) is 1.88. The fourth-order valence-electron chi connectivity index (χ4n) is 5.06. The van der Waals surface area contributed by atoms with Crippen LogP contribution < -0.4 is 10.6 Å². The second-order valence-corrected chi connectivity index (χ2v) is 9.32. The molecule has 0 aromatic heterocycles. The smallest absolute Gasteiger partial charge is 0.315 e. The Morgan fingerprint density at radius 3 is 2.57 bits per heavy atom. The molecule has 28 heavy (non-hydrogen) atoms. The molecular formula is C21H29ClN4O2. The summed E-state index contributed by atoms with van der Waals surface area (Å²) in [5, 5.41) is 6.71. The Morgan fingerprint density at radius 1 is 1.18 bits per heavy atom. The molecule has 1 saturated heterocycles. The monoisotopic (exact) mass is 404 g/mol. The highest BCUT2D eigenvalue weighted by Gasteiger charge is 2.53. The molecule has 2 N–H and O–H groups in total. The SMILES string of the molecule is CN1CCN(CC2CC3(C2)CC(NC(=O)NCc2ccc(Cl)cc2)C3)CC1=O. The molecule has 0 bridgehead atoms. The summed E-state index contributed by atoms with van der Waals surface area (Å²) in [4.78, 5) is 28.0.